The summed E-state index contributed by atoms with van der Waals surface area (Å²) in [6, 6.07) is 17.6. The van der Waals surface area contributed by atoms with Gasteiger partial charge in [-0.1, -0.05) is 78.9 Å². The number of nitrogens with two attached hydrogens (primary N) is 10. The zero-order valence-electron chi connectivity index (χ0n) is 38.2. The fourth-order valence-corrected chi connectivity index (χ4v) is 6.58. The van der Waals surface area contributed by atoms with Crippen molar-refractivity contribution < 1.29 is 58.5 Å². The van der Waals surface area contributed by atoms with Gasteiger partial charge in [0.05, 0.1) is 5.56 Å². The molecule has 0 aromatic heterocycles. The molecule has 7 amide bonds. The van der Waals surface area contributed by atoms with Crippen molar-refractivity contribution in [3.05, 3.63) is 113 Å². The molecule has 3 aromatic carbocycles. The number of Topliss-reactive ketones (excluding diaryl/α,β-unsaturated/α-hetero) is 1. The van der Waals surface area contributed by atoms with Gasteiger partial charge < -0.3 is 109 Å². The molecule has 74 heavy (non-hydrogen) atoms. The zero-order chi connectivity index (χ0) is 55.2. The molecule has 8 unspecified atom stereocenters. The summed E-state index contributed by atoms with van der Waals surface area (Å²) < 4.78 is 0. The average molecular weight is 1030 g/mol. The lowest BCUT2D eigenvalue weighted by Crippen LogP contribution is -2.60. The minimum absolute atomic E-state index is 0.0315. The standard InChI is InChI=1S/C41H51N21O12/c42-23(24(43)64)53-30(66)25(58-37(44)45)55-32(68)27(60-39(48)49)57-33(69)28(61-40(50)51)56-31(67)26(59-38(46)47)54-29(65)21(17-11-5-2-6-12-17)52-34(70)35(71)62-15-19(16-9-3-1-4-10-16)22(63)41(62,74)20-14-8-7-13-18(20)36(72)73/h1-15,21,23,25-28,35,71,74H,42H2,(H2,43,64)(H,52,70)(H,53,66)(H,54,65)(H,55,68)(H,56,67)(H,57,69)(H,72,73)(H4,44,45,58)(H4,46,47,59)(H4,48,49,60)(H4,50,51,61). The topological polar surface area (TPSA) is 599 Å². The molecule has 0 saturated carbocycles. The summed E-state index contributed by atoms with van der Waals surface area (Å²) in [5.74, 6) is -15.8. The molecular formula is C41H51N21O12. The van der Waals surface area contributed by atoms with E-state index in [4.69, 9.17) is 57.3 Å². The van der Waals surface area contributed by atoms with Crippen molar-refractivity contribution in [1.82, 2.24) is 36.8 Å². The van der Waals surface area contributed by atoms with E-state index in [-0.39, 0.29) is 16.7 Å². The lowest BCUT2D eigenvalue weighted by Gasteiger charge is -2.37. The normalized spacial score (nSPS) is 16.5. The van der Waals surface area contributed by atoms with Crippen LogP contribution in [0.15, 0.2) is 111 Å². The van der Waals surface area contributed by atoms with Crippen LogP contribution in [0.1, 0.15) is 33.1 Å². The van der Waals surface area contributed by atoms with Crippen LogP contribution < -0.4 is 89.2 Å². The number of primary amides is 1. The molecule has 33 nitrogen and oxygen atoms in total. The Kier molecular flexibility index (Phi) is 18.5. The second kappa shape index (κ2) is 24.4. The first-order valence-corrected chi connectivity index (χ1v) is 20.9. The summed E-state index contributed by atoms with van der Waals surface area (Å²) in [5, 5.41) is 46.2. The van der Waals surface area contributed by atoms with E-state index >= 15 is 0 Å². The summed E-state index contributed by atoms with van der Waals surface area (Å²) in [5.41, 5.74) is 50.1. The van der Waals surface area contributed by atoms with Crippen LogP contribution in [0.2, 0.25) is 0 Å². The summed E-state index contributed by atoms with van der Waals surface area (Å²) in [6.07, 6.45) is -12.3. The van der Waals surface area contributed by atoms with Crippen LogP contribution in [0.5, 0.6) is 0 Å². The summed E-state index contributed by atoms with van der Waals surface area (Å²) >= 11 is 0. The smallest absolute Gasteiger partial charge is 0.336 e. The number of amides is 7. The monoisotopic (exact) mass is 1030 g/mol. The van der Waals surface area contributed by atoms with Gasteiger partial charge >= 0.3 is 5.97 Å². The number of nitrogens with zero attached hydrogens (tertiary/aromatic N) is 5. The summed E-state index contributed by atoms with van der Waals surface area (Å²) in [4.78, 5) is 135. The minimum Gasteiger partial charge on any atom is -0.478 e. The maximum atomic E-state index is 14.2. The maximum absolute atomic E-state index is 14.2. The van der Waals surface area contributed by atoms with Crippen molar-refractivity contribution in [2.24, 2.45) is 77.3 Å². The molecule has 3 aromatic rings. The Morgan fingerprint density at radius 2 is 0.919 bits per heavy atom. The Labute approximate surface area is 416 Å². The number of aromatic carboxylic acids is 1. The van der Waals surface area contributed by atoms with Crippen LogP contribution in [0.25, 0.3) is 5.57 Å². The molecular weight excluding hydrogens is 979 g/mol. The van der Waals surface area contributed by atoms with E-state index in [0.717, 1.165) is 18.3 Å². The molecule has 33 heteroatoms. The van der Waals surface area contributed by atoms with Crippen molar-refractivity contribution in [2.45, 2.75) is 48.8 Å². The highest BCUT2D eigenvalue weighted by molar-refractivity contribution is 6.27. The number of aliphatic hydroxyl groups excluding tert-OH is 1. The number of aliphatic imine (C=N–C) groups is 4. The van der Waals surface area contributed by atoms with Gasteiger partial charge in [-0.25, -0.2) is 24.8 Å². The molecule has 4 rings (SSSR count). The number of guanidine groups is 4. The number of benzene rings is 3. The van der Waals surface area contributed by atoms with Gasteiger partial charge in [-0.05, 0) is 17.2 Å². The third-order valence-corrected chi connectivity index (χ3v) is 9.83. The van der Waals surface area contributed by atoms with E-state index in [0.29, 0.717) is 4.90 Å². The van der Waals surface area contributed by atoms with Crippen molar-refractivity contribution in [2.75, 3.05) is 0 Å². The third-order valence-electron chi connectivity index (χ3n) is 9.83. The molecule has 1 aliphatic heterocycles. The van der Waals surface area contributed by atoms with Crippen LogP contribution in [-0.4, -0.2) is 134 Å². The third kappa shape index (κ3) is 14.1. The van der Waals surface area contributed by atoms with Gasteiger partial charge in [-0.3, -0.25) is 38.4 Å². The number of aliphatic hydroxyl groups is 2. The highest BCUT2D eigenvalue weighted by Crippen LogP contribution is 2.42. The fraction of sp³-hybridized carbons (Fsp3) is 0.195. The van der Waals surface area contributed by atoms with Crippen LogP contribution in [0, 0.1) is 0 Å². The van der Waals surface area contributed by atoms with E-state index in [1.807, 2.05) is 21.3 Å². The van der Waals surface area contributed by atoms with E-state index < -0.39 is 137 Å². The van der Waals surface area contributed by atoms with Gasteiger partial charge in [-0.2, -0.15) is 0 Å². The molecule has 29 N–H and O–H groups in total. The highest BCUT2D eigenvalue weighted by atomic mass is 16.4. The van der Waals surface area contributed by atoms with Crippen LogP contribution in [0.3, 0.4) is 0 Å². The number of rotatable bonds is 22. The first kappa shape index (κ1) is 56.2. The summed E-state index contributed by atoms with van der Waals surface area (Å²) in [7, 11) is 0. The molecule has 0 fully saturated rings. The van der Waals surface area contributed by atoms with Crippen molar-refractivity contribution in [1.29, 1.82) is 0 Å². The number of nitrogens with one attached hydrogen (secondary N) is 6. The van der Waals surface area contributed by atoms with Crippen molar-refractivity contribution in [3.8, 4) is 0 Å². The number of carboxylic acids is 1. The largest absolute Gasteiger partial charge is 0.478 e. The number of carbonyl (C=O) groups is 9. The van der Waals surface area contributed by atoms with Crippen molar-refractivity contribution in [3.63, 3.8) is 0 Å². The van der Waals surface area contributed by atoms with E-state index in [1.165, 1.54) is 54.6 Å². The lowest BCUT2D eigenvalue weighted by molar-refractivity contribution is -0.175. The fourth-order valence-electron chi connectivity index (χ4n) is 6.58. The second-order valence-electron chi connectivity index (χ2n) is 15.1. The molecule has 0 radical (unpaired) electrons. The first-order chi connectivity index (χ1) is 34.8. The van der Waals surface area contributed by atoms with Gasteiger partial charge in [0.2, 0.25) is 48.3 Å². The predicted molar refractivity (Wildman–Crippen MR) is 258 cm³/mol. The Hall–Kier alpha value is -10.4. The van der Waals surface area contributed by atoms with Crippen LogP contribution in [0.4, 0.5) is 0 Å². The minimum atomic E-state index is -3.04. The molecule has 0 bridgehead atoms. The second-order valence-corrected chi connectivity index (χ2v) is 15.1. The Balaban J connectivity index is 1.66. The maximum Gasteiger partial charge on any atom is 0.336 e. The number of ketones is 1. The summed E-state index contributed by atoms with van der Waals surface area (Å²) in [6.45, 7) is 0. The lowest BCUT2D eigenvalue weighted by atomic mass is 9.89. The molecule has 1 aliphatic rings. The Morgan fingerprint density at radius 1 is 0.527 bits per heavy atom. The first-order valence-electron chi connectivity index (χ1n) is 20.9. The Bertz CT molecular complexity index is 2810. The van der Waals surface area contributed by atoms with Crippen LogP contribution >= 0.6 is 0 Å². The van der Waals surface area contributed by atoms with Gasteiger partial charge in [0, 0.05) is 17.3 Å². The van der Waals surface area contributed by atoms with Gasteiger partial charge in [0.1, 0.15) is 6.04 Å². The number of carboxylic acid groups (broad SMARTS) is 1. The Morgan fingerprint density at radius 3 is 1.34 bits per heavy atom. The van der Waals surface area contributed by atoms with Gasteiger partial charge in [0.15, 0.2) is 30.0 Å². The SMILES string of the molecule is NC(=O)C(N)NC(=O)C(N=C(N)N)NC(=O)C(N=C(N)N)NC(=O)C(N=C(N)N)NC(=O)C(N=C(N)N)NC(=O)C(NC(=O)C(O)N1C=C(c2ccccc2)C(=O)C1(O)c1ccccc1C(=O)O)c1ccccc1. The zero-order valence-corrected chi connectivity index (χ0v) is 38.2. The van der Waals surface area contributed by atoms with E-state index in [2.05, 4.69) is 30.6 Å². The van der Waals surface area contributed by atoms with Crippen LogP contribution in [-0.2, 0) is 44.1 Å². The molecule has 1 heterocycles. The number of hydrogen-bond donors (Lipinski definition) is 19. The molecule has 392 valence electrons. The van der Waals surface area contributed by atoms with E-state index in [1.54, 1.807) is 18.2 Å². The molecule has 0 saturated heterocycles. The quantitative estimate of drug-likeness (QED) is 0.0252. The average Bonchev–Trinajstić information content (AvgIpc) is 3.61. The van der Waals surface area contributed by atoms with Gasteiger partial charge in [-0.15, -0.1) is 0 Å². The van der Waals surface area contributed by atoms with E-state index in [9.17, 15) is 58.5 Å². The number of hydrogen-bond acceptors (Lipinski definition) is 17. The molecule has 0 aliphatic carbocycles. The molecule has 0 spiro atoms. The molecule has 8 atom stereocenters. The highest BCUT2D eigenvalue weighted by Gasteiger charge is 2.54. The predicted octanol–water partition coefficient (Wildman–Crippen LogP) is -9.62. The number of carbonyl (C=O) groups excluding carboxylic acids is 8. The van der Waals surface area contributed by atoms with Gasteiger partial charge in [0.25, 0.3) is 35.4 Å². The van der Waals surface area contributed by atoms with Crippen molar-refractivity contribution >= 4 is 82.5 Å².